The van der Waals surface area contributed by atoms with E-state index in [1.165, 1.54) is 21.1 Å². The zero-order valence-corrected chi connectivity index (χ0v) is 16.7. The molecular formula is C18H27ClN2O4. The van der Waals surface area contributed by atoms with Gasteiger partial charge in [-0.15, -0.1) is 0 Å². The van der Waals surface area contributed by atoms with Gasteiger partial charge in [-0.1, -0.05) is 11.6 Å². The first-order valence-electron chi connectivity index (χ1n) is 8.12. The molecule has 1 aliphatic carbocycles. The summed E-state index contributed by atoms with van der Waals surface area (Å²) in [4.78, 5) is 28.8. The molecule has 0 unspecified atom stereocenters. The average Bonchev–Trinajstić information content (AvgIpc) is 2.80. The molecule has 0 aromatic rings. The molecule has 140 valence electrons. The highest BCUT2D eigenvalue weighted by molar-refractivity contribution is 6.47. The average molecular weight is 371 g/mol. The number of rotatable bonds is 8. The van der Waals surface area contributed by atoms with Crippen LogP contribution in [0.3, 0.4) is 0 Å². The van der Waals surface area contributed by atoms with E-state index in [2.05, 4.69) is 0 Å². The van der Waals surface area contributed by atoms with Crippen molar-refractivity contribution in [1.82, 2.24) is 9.80 Å². The summed E-state index contributed by atoms with van der Waals surface area (Å²) in [5.41, 5.74) is 0.687. The summed E-state index contributed by atoms with van der Waals surface area (Å²) in [6.45, 7) is 6.98. The molecule has 1 rings (SSSR count). The Morgan fingerprint density at radius 2 is 1.72 bits per heavy atom. The van der Waals surface area contributed by atoms with Crippen LogP contribution in [0.2, 0.25) is 0 Å². The lowest BCUT2D eigenvalue weighted by Crippen LogP contribution is -2.42. The van der Waals surface area contributed by atoms with Gasteiger partial charge in [-0.05, 0) is 33.0 Å². The molecule has 0 N–H and O–H groups in total. The number of likely N-dealkylation sites (N-methyl/N-ethyl adjacent to an activating group) is 1. The molecule has 0 bridgehead atoms. The van der Waals surface area contributed by atoms with E-state index in [4.69, 9.17) is 21.1 Å². The van der Waals surface area contributed by atoms with E-state index in [-0.39, 0.29) is 22.0 Å². The van der Waals surface area contributed by atoms with Crippen molar-refractivity contribution in [2.75, 3.05) is 41.4 Å². The smallest absolute Gasteiger partial charge is 0.243 e. The van der Waals surface area contributed by atoms with E-state index < -0.39 is 11.6 Å². The number of carbonyl (C=O) groups excluding carboxylic acids is 2. The van der Waals surface area contributed by atoms with Crippen LogP contribution in [-0.2, 0) is 19.1 Å². The van der Waals surface area contributed by atoms with Gasteiger partial charge in [-0.2, -0.15) is 0 Å². The maximum Gasteiger partial charge on any atom is 0.243 e. The molecule has 0 aromatic heterocycles. The van der Waals surface area contributed by atoms with E-state index in [0.29, 0.717) is 5.70 Å². The Morgan fingerprint density at radius 3 is 2.08 bits per heavy atom. The molecule has 0 spiro atoms. The van der Waals surface area contributed by atoms with Crippen LogP contribution in [0.5, 0.6) is 0 Å². The van der Waals surface area contributed by atoms with Crippen LogP contribution >= 0.6 is 11.6 Å². The number of ether oxygens (including phenoxy) is 2. The van der Waals surface area contributed by atoms with Gasteiger partial charge in [-0.25, -0.2) is 0 Å². The molecule has 0 amide bonds. The van der Waals surface area contributed by atoms with Crippen molar-refractivity contribution in [3.8, 4) is 0 Å². The summed E-state index contributed by atoms with van der Waals surface area (Å²) >= 11 is 6.27. The number of halogens is 1. The lowest BCUT2D eigenvalue weighted by atomic mass is 9.96. The summed E-state index contributed by atoms with van der Waals surface area (Å²) < 4.78 is 11.2. The molecule has 0 radical (unpaired) electrons. The Hall–Kier alpha value is -1.63. The first-order chi connectivity index (χ1) is 11.7. The van der Waals surface area contributed by atoms with Gasteiger partial charge in [-0.3, -0.25) is 9.59 Å². The van der Waals surface area contributed by atoms with Crippen molar-refractivity contribution >= 4 is 23.2 Å². The summed E-state index contributed by atoms with van der Waals surface area (Å²) in [5.74, 6) is -2.26. The third kappa shape index (κ3) is 3.81. The first kappa shape index (κ1) is 21.4. The first-order valence-corrected chi connectivity index (χ1v) is 8.49. The maximum atomic E-state index is 12.8. The van der Waals surface area contributed by atoms with Crippen LogP contribution in [0.1, 0.15) is 20.8 Å². The fraction of sp³-hybridized carbons (Fsp3) is 0.556. The molecule has 6 nitrogen and oxygen atoms in total. The second-order valence-corrected chi connectivity index (χ2v) is 6.17. The highest BCUT2D eigenvalue weighted by atomic mass is 35.5. The lowest BCUT2D eigenvalue weighted by Gasteiger charge is -2.34. The number of hydrogen-bond acceptors (Lipinski definition) is 6. The predicted molar refractivity (Wildman–Crippen MR) is 98.1 cm³/mol. The van der Waals surface area contributed by atoms with Crippen molar-refractivity contribution in [3.05, 3.63) is 34.2 Å². The van der Waals surface area contributed by atoms with Crippen LogP contribution < -0.4 is 0 Å². The zero-order chi connectivity index (χ0) is 19.4. The fourth-order valence-corrected chi connectivity index (χ4v) is 3.28. The minimum atomic E-state index is -1.52. The summed E-state index contributed by atoms with van der Waals surface area (Å²) in [6, 6.07) is 0. The Balaban J connectivity index is 3.69. The third-order valence-corrected chi connectivity index (χ3v) is 4.56. The van der Waals surface area contributed by atoms with Crippen molar-refractivity contribution < 1.29 is 19.1 Å². The molecule has 0 aromatic carbocycles. The third-order valence-electron chi connectivity index (χ3n) is 4.21. The number of ketones is 2. The van der Waals surface area contributed by atoms with E-state index in [0.717, 1.165) is 13.1 Å². The highest BCUT2D eigenvalue weighted by Gasteiger charge is 2.54. The Bertz CT molecular complexity index is 627. The number of allylic oxidation sites excluding steroid dienone is 3. The predicted octanol–water partition coefficient (Wildman–Crippen LogP) is 2.31. The van der Waals surface area contributed by atoms with Crippen molar-refractivity contribution in [3.63, 3.8) is 0 Å². The maximum absolute atomic E-state index is 12.8. The van der Waals surface area contributed by atoms with E-state index in [1.54, 1.807) is 31.3 Å². The molecule has 0 aliphatic heterocycles. The van der Waals surface area contributed by atoms with Gasteiger partial charge in [0.25, 0.3) is 0 Å². The van der Waals surface area contributed by atoms with Gasteiger partial charge >= 0.3 is 0 Å². The summed E-state index contributed by atoms with van der Waals surface area (Å²) in [5, 5.41) is -0.0151. The van der Waals surface area contributed by atoms with Gasteiger partial charge in [0.2, 0.25) is 11.6 Å². The Kier molecular flexibility index (Phi) is 7.41. The minimum absolute atomic E-state index is 0.0151. The number of Topliss-reactive ketones (excluding diaryl/α,β-unsaturated/α-hetero) is 2. The van der Waals surface area contributed by atoms with Crippen molar-refractivity contribution in [2.45, 2.75) is 26.6 Å². The van der Waals surface area contributed by atoms with Gasteiger partial charge in [0.1, 0.15) is 10.7 Å². The molecule has 0 atom stereocenters. The molecule has 0 saturated heterocycles. The highest BCUT2D eigenvalue weighted by Crippen LogP contribution is 2.45. The molecule has 7 heteroatoms. The minimum Gasteiger partial charge on any atom is -0.378 e. The van der Waals surface area contributed by atoms with Crippen LogP contribution in [-0.4, -0.2) is 68.6 Å². The molecular weight excluding hydrogens is 344 g/mol. The number of hydrogen-bond donors (Lipinski definition) is 0. The molecule has 0 fully saturated rings. The second-order valence-electron chi connectivity index (χ2n) is 5.79. The molecule has 1 aliphatic rings. The van der Waals surface area contributed by atoms with Crippen molar-refractivity contribution in [2.24, 2.45) is 0 Å². The largest absolute Gasteiger partial charge is 0.378 e. The number of nitrogens with zero attached hydrogens (tertiary/aromatic N) is 2. The zero-order valence-electron chi connectivity index (χ0n) is 16.0. The molecule has 0 heterocycles. The molecule has 25 heavy (non-hydrogen) atoms. The van der Waals surface area contributed by atoms with Gasteiger partial charge in [0.05, 0.1) is 5.57 Å². The SMILES string of the molecule is CCN(/C=C/C(C(C)=O)=C1/C(=O)C(Cl)=C(N(C)C)C1(OC)OC)CC. The normalized spacial score (nSPS) is 19.0. The van der Waals surface area contributed by atoms with Gasteiger partial charge < -0.3 is 19.3 Å². The van der Waals surface area contributed by atoms with Crippen LogP contribution in [0.15, 0.2) is 34.2 Å². The lowest BCUT2D eigenvalue weighted by molar-refractivity contribution is -0.160. The van der Waals surface area contributed by atoms with E-state index >= 15 is 0 Å². The monoisotopic (exact) mass is 370 g/mol. The van der Waals surface area contributed by atoms with Crippen molar-refractivity contribution in [1.29, 1.82) is 0 Å². The van der Waals surface area contributed by atoms with E-state index in [1.807, 2.05) is 18.7 Å². The van der Waals surface area contributed by atoms with Crippen LogP contribution in [0.25, 0.3) is 0 Å². The van der Waals surface area contributed by atoms with Crippen LogP contribution in [0, 0.1) is 0 Å². The van der Waals surface area contributed by atoms with Gasteiger partial charge in [0.15, 0.2) is 5.78 Å². The van der Waals surface area contributed by atoms with Crippen LogP contribution in [0.4, 0.5) is 0 Å². The Labute approximate surface area is 154 Å². The summed E-state index contributed by atoms with van der Waals surface area (Å²) in [7, 11) is 6.31. The second kappa shape index (κ2) is 8.65. The summed E-state index contributed by atoms with van der Waals surface area (Å²) in [6.07, 6.45) is 3.41. The van der Waals surface area contributed by atoms with E-state index in [9.17, 15) is 9.59 Å². The fourth-order valence-electron chi connectivity index (χ4n) is 2.89. The Morgan fingerprint density at radius 1 is 1.20 bits per heavy atom. The van der Waals surface area contributed by atoms with Gasteiger partial charge in [0, 0.05) is 47.0 Å². The standard InChI is InChI=1S/C18H27ClN2O4/c1-8-21(9-2)11-10-13(12(3)22)14-16(23)15(19)17(20(4)5)18(14,24-6)25-7/h10-11H,8-9H2,1-7H3/b11-10+,14-13+. The molecule has 0 saturated carbocycles. The number of carbonyl (C=O) groups is 2. The topological polar surface area (TPSA) is 59.1 Å². The number of methoxy groups -OCH3 is 2. The quantitative estimate of drug-likeness (QED) is 0.482.